The second-order valence-corrected chi connectivity index (χ2v) is 7.65. The largest absolute Gasteiger partial charge is 0.448 e. The quantitative estimate of drug-likeness (QED) is 0.495. The molecule has 0 saturated carbocycles. The second-order valence-electron chi connectivity index (χ2n) is 7.65. The Morgan fingerprint density at radius 3 is 2.81 bits per heavy atom. The van der Waals surface area contributed by atoms with Crippen molar-refractivity contribution in [2.45, 2.75) is 25.2 Å². The third kappa shape index (κ3) is 4.20. The molecule has 0 spiro atoms. The van der Waals surface area contributed by atoms with E-state index in [1.165, 1.54) is 12.3 Å². The molecule has 0 amide bonds. The van der Waals surface area contributed by atoms with Gasteiger partial charge in [0.15, 0.2) is 11.7 Å². The van der Waals surface area contributed by atoms with Crippen LogP contribution in [0.3, 0.4) is 0 Å². The average molecular weight is 417 g/mol. The Morgan fingerprint density at radius 1 is 1.10 bits per heavy atom. The maximum atomic E-state index is 13.5. The van der Waals surface area contributed by atoms with Gasteiger partial charge in [-0.05, 0) is 43.6 Å². The molecule has 1 aliphatic heterocycles. The van der Waals surface area contributed by atoms with Crippen LogP contribution in [0.5, 0.6) is 0 Å². The van der Waals surface area contributed by atoms with Gasteiger partial charge in [-0.15, -0.1) is 0 Å². The minimum Gasteiger partial charge on any atom is -0.448 e. The highest BCUT2D eigenvalue weighted by Gasteiger charge is 2.22. The number of piperidine rings is 1. The number of hydrogen-bond acceptors (Lipinski definition) is 7. The summed E-state index contributed by atoms with van der Waals surface area (Å²) in [4.78, 5) is 29.9. The lowest BCUT2D eigenvalue weighted by Crippen LogP contribution is -2.26. The van der Waals surface area contributed by atoms with Gasteiger partial charge in [-0.2, -0.15) is 0 Å². The zero-order chi connectivity index (χ0) is 21.2. The van der Waals surface area contributed by atoms with Gasteiger partial charge >= 0.3 is 0 Å². The van der Waals surface area contributed by atoms with Crippen LogP contribution in [0.4, 0.5) is 4.39 Å². The average Bonchev–Trinajstić information content (AvgIpc) is 3.30. The van der Waals surface area contributed by atoms with Gasteiger partial charge < -0.3 is 9.73 Å². The maximum absolute atomic E-state index is 13.5. The molecule has 5 rings (SSSR count). The molecular weight excluding hydrogens is 397 g/mol. The molecule has 0 unspecified atom stereocenters. The Hall–Kier alpha value is -3.52. The number of aromatic nitrogens is 4. The Labute approximate surface area is 177 Å². The standard InChI is InChI=1S/C23H20FN5O2/c24-18-7-17(10-26-12-18)15-1-2-16-11-27-22(28-19(16)8-15)9-21(30)20-13-31-23(29-20)14-3-5-25-6-4-14/h1-2,7-8,10-14,25H,3-6,9H2. The molecule has 1 aromatic carbocycles. The molecule has 3 aromatic heterocycles. The molecule has 0 radical (unpaired) electrons. The highest BCUT2D eigenvalue weighted by atomic mass is 19.1. The van der Waals surface area contributed by atoms with Gasteiger partial charge in [-0.25, -0.2) is 19.3 Å². The van der Waals surface area contributed by atoms with Crippen LogP contribution in [0.2, 0.25) is 0 Å². The molecule has 0 atom stereocenters. The van der Waals surface area contributed by atoms with E-state index in [1.54, 1.807) is 12.4 Å². The van der Waals surface area contributed by atoms with Gasteiger partial charge in [0.2, 0.25) is 0 Å². The summed E-state index contributed by atoms with van der Waals surface area (Å²) < 4.78 is 19.1. The van der Waals surface area contributed by atoms with Crippen LogP contribution in [0.25, 0.3) is 22.0 Å². The summed E-state index contributed by atoms with van der Waals surface area (Å²) in [7, 11) is 0. The smallest absolute Gasteiger partial charge is 0.197 e. The van der Waals surface area contributed by atoms with Crippen LogP contribution >= 0.6 is 0 Å². The minimum absolute atomic E-state index is 0.0277. The van der Waals surface area contributed by atoms with E-state index in [1.807, 2.05) is 18.2 Å². The number of carbonyl (C=O) groups excluding carboxylic acids is 1. The van der Waals surface area contributed by atoms with Crippen LogP contribution in [0, 0.1) is 5.82 Å². The summed E-state index contributed by atoms with van der Waals surface area (Å²) in [6.45, 7) is 1.85. The fourth-order valence-electron chi connectivity index (χ4n) is 3.80. The molecule has 1 saturated heterocycles. The van der Waals surface area contributed by atoms with Gasteiger partial charge in [0, 0.05) is 29.3 Å². The van der Waals surface area contributed by atoms with Crippen molar-refractivity contribution in [2.24, 2.45) is 0 Å². The number of Topliss-reactive ketones (excluding diaryl/α,β-unsaturated/α-hetero) is 1. The predicted molar refractivity (Wildman–Crippen MR) is 112 cm³/mol. The monoisotopic (exact) mass is 417 g/mol. The SMILES string of the molecule is O=C(Cc1ncc2ccc(-c3cncc(F)c3)cc2n1)c1coc(C2CCNCC2)n1. The van der Waals surface area contributed by atoms with E-state index >= 15 is 0 Å². The van der Waals surface area contributed by atoms with Gasteiger partial charge in [0.25, 0.3) is 0 Å². The molecule has 1 N–H and O–H groups in total. The first kappa shape index (κ1) is 19.4. The maximum Gasteiger partial charge on any atom is 0.197 e. The topological polar surface area (TPSA) is 93.8 Å². The molecule has 31 heavy (non-hydrogen) atoms. The van der Waals surface area contributed by atoms with E-state index in [-0.39, 0.29) is 18.1 Å². The number of nitrogens with zero attached hydrogens (tertiary/aromatic N) is 4. The van der Waals surface area contributed by atoms with Crippen LogP contribution in [0.15, 0.2) is 53.5 Å². The number of pyridine rings is 1. The van der Waals surface area contributed by atoms with E-state index in [0.717, 1.165) is 43.1 Å². The number of benzene rings is 1. The fourth-order valence-corrected chi connectivity index (χ4v) is 3.80. The predicted octanol–water partition coefficient (Wildman–Crippen LogP) is 3.71. The molecule has 0 bridgehead atoms. The number of carbonyl (C=O) groups is 1. The lowest BCUT2D eigenvalue weighted by atomic mass is 9.98. The summed E-state index contributed by atoms with van der Waals surface area (Å²) in [6.07, 6.45) is 7.80. The molecule has 8 heteroatoms. The Balaban J connectivity index is 1.36. The minimum atomic E-state index is -0.400. The highest BCUT2D eigenvalue weighted by molar-refractivity contribution is 5.95. The van der Waals surface area contributed by atoms with Gasteiger partial charge in [0.1, 0.15) is 23.6 Å². The summed E-state index contributed by atoms with van der Waals surface area (Å²) in [5.41, 5.74) is 2.43. The zero-order valence-corrected chi connectivity index (χ0v) is 16.7. The Bertz CT molecular complexity index is 1250. The van der Waals surface area contributed by atoms with Gasteiger partial charge in [0.05, 0.1) is 18.1 Å². The van der Waals surface area contributed by atoms with Gasteiger partial charge in [-0.1, -0.05) is 12.1 Å². The van der Waals surface area contributed by atoms with Crippen molar-refractivity contribution in [2.75, 3.05) is 13.1 Å². The first-order valence-electron chi connectivity index (χ1n) is 10.2. The van der Waals surface area contributed by atoms with Crippen LogP contribution < -0.4 is 5.32 Å². The third-order valence-corrected chi connectivity index (χ3v) is 5.49. The van der Waals surface area contributed by atoms with Crippen molar-refractivity contribution in [3.8, 4) is 11.1 Å². The lowest BCUT2D eigenvalue weighted by molar-refractivity contribution is 0.0986. The third-order valence-electron chi connectivity index (χ3n) is 5.49. The Morgan fingerprint density at radius 2 is 1.97 bits per heavy atom. The first-order valence-corrected chi connectivity index (χ1v) is 10.2. The second kappa shape index (κ2) is 8.31. The number of halogens is 1. The number of hydrogen-bond donors (Lipinski definition) is 1. The van der Waals surface area contributed by atoms with Crippen LogP contribution in [0.1, 0.15) is 41.0 Å². The van der Waals surface area contributed by atoms with Crippen molar-refractivity contribution in [3.05, 3.63) is 72.3 Å². The number of fused-ring (bicyclic) bond motifs is 1. The molecular formula is C23H20FN5O2. The number of nitrogens with one attached hydrogen (secondary N) is 1. The lowest BCUT2D eigenvalue weighted by Gasteiger charge is -2.19. The molecule has 156 valence electrons. The summed E-state index contributed by atoms with van der Waals surface area (Å²) in [6, 6.07) is 6.99. The fraction of sp³-hybridized carbons (Fsp3) is 0.261. The summed E-state index contributed by atoms with van der Waals surface area (Å²) in [5.74, 6) is 0.684. The van der Waals surface area contributed by atoms with Crippen molar-refractivity contribution >= 4 is 16.7 Å². The molecule has 7 nitrogen and oxygen atoms in total. The van der Waals surface area contributed by atoms with E-state index < -0.39 is 5.82 Å². The van der Waals surface area contributed by atoms with Crippen molar-refractivity contribution in [1.29, 1.82) is 0 Å². The molecule has 4 heterocycles. The van der Waals surface area contributed by atoms with Crippen molar-refractivity contribution in [1.82, 2.24) is 25.3 Å². The number of rotatable bonds is 5. The van der Waals surface area contributed by atoms with E-state index in [9.17, 15) is 9.18 Å². The van der Waals surface area contributed by atoms with Crippen LogP contribution in [-0.4, -0.2) is 38.8 Å². The molecule has 0 aliphatic carbocycles. The van der Waals surface area contributed by atoms with Crippen molar-refractivity contribution in [3.63, 3.8) is 0 Å². The van der Waals surface area contributed by atoms with E-state index in [0.29, 0.717) is 28.5 Å². The molecule has 4 aromatic rings. The Kier molecular flexibility index (Phi) is 5.21. The normalized spacial score (nSPS) is 14.7. The van der Waals surface area contributed by atoms with Crippen molar-refractivity contribution < 1.29 is 13.6 Å². The summed E-state index contributed by atoms with van der Waals surface area (Å²) in [5, 5.41) is 4.14. The van der Waals surface area contributed by atoms with E-state index in [4.69, 9.17) is 4.42 Å². The zero-order valence-electron chi connectivity index (χ0n) is 16.7. The molecule has 1 aliphatic rings. The molecule has 1 fully saturated rings. The van der Waals surface area contributed by atoms with Crippen LogP contribution in [-0.2, 0) is 6.42 Å². The highest BCUT2D eigenvalue weighted by Crippen LogP contribution is 2.25. The van der Waals surface area contributed by atoms with Gasteiger partial charge in [-0.3, -0.25) is 9.78 Å². The summed E-state index contributed by atoms with van der Waals surface area (Å²) >= 11 is 0. The van der Waals surface area contributed by atoms with E-state index in [2.05, 4.69) is 25.3 Å². The number of oxazole rings is 1. The first-order chi connectivity index (χ1) is 15.2. The number of ketones is 1.